The summed E-state index contributed by atoms with van der Waals surface area (Å²) in [5.74, 6) is 0.271. The van der Waals surface area contributed by atoms with Crippen LogP contribution in [0.2, 0.25) is 5.02 Å². The van der Waals surface area contributed by atoms with E-state index in [9.17, 15) is 4.79 Å². The maximum Gasteiger partial charge on any atom is 0.234 e. The fraction of sp³-hybridized carbons (Fsp3) is 0.429. The molecule has 0 aliphatic carbocycles. The quantitative estimate of drug-likeness (QED) is 0.853. The molecule has 0 aromatic heterocycles. The zero-order valence-electron chi connectivity index (χ0n) is 11.8. The maximum absolute atomic E-state index is 11.9. The maximum atomic E-state index is 11.9. The molecule has 21 heavy (non-hydrogen) atoms. The monoisotopic (exact) mass is 343 g/mol. The van der Waals surface area contributed by atoms with Gasteiger partial charge in [0.1, 0.15) is 4.32 Å². The number of nitrogens with one attached hydrogen (secondary N) is 1. The van der Waals surface area contributed by atoms with Crippen molar-refractivity contribution in [1.29, 1.82) is 0 Å². The van der Waals surface area contributed by atoms with Gasteiger partial charge < -0.3 is 15.1 Å². The Labute approximate surface area is 139 Å². The van der Waals surface area contributed by atoms with Gasteiger partial charge in [0.05, 0.1) is 5.75 Å². The van der Waals surface area contributed by atoms with Gasteiger partial charge >= 0.3 is 0 Å². The number of hydrogen-bond acceptors (Lipinski definition) is 4. The Morgan fingerprint density at radius 1 is 1.29 bits per heavy atom. The van der Waals surface area contributed by atoms with E-state index in [0.29, 0.717) is 10.8 Å². The molecule has 1 aliphatic rings. The van der Waals surface area contributed by atoms with Crippen molar-refractivity contribution in [2.75, 3.05) is 44.3 Å². The molecule has 1 aromatic rings. The fourth-order valence-corrected chi connectivity index (χ4v) is 3.12. The predicted octanol–water partition coefficient (Wildman–Crippen LogP) is 2.54. The number of rotatable bonds is 3. The molecular weight excluding hydrogens is 326 g/mol. The van der Waals surface area contributed by atoms with Gasteiger partial charge in [-0.05, 0) is 31.3 Å². The summed E-state index contributed by atoms with van der Waals surface area (Å²) >= 11 is 12.6. The number of amides is 1. The first kappa shape index (κ1) is 16.5. The summed E-state index contributed by atoms with van der Waals surface area (Å²) in [6, 6.07) is 7.06. The van der Waals surface area contributed by atoms with Crippen LogP contribution in [0.4, 0.5) is 5.69 Å². The highest BCUT2D eigenvalue weighted by molar-refractivity contribution is 8.23. The fourth-order valence-electron chi connectivity index (χ4n) is 1.94. The Kier molecular flexibility index (Phi) is 6.29. The van der Waals surface area contributed by atoms with Gasteiger partial charge in [-0.1, -0.05) is 35.6 Å². The second-order valence-corrected chi connectivity index (χ2v) is 6.95. The van der Waals surface area contributed by atoms with Crippen LogP contribution in [-0.4, -0.2) is 59.0 Å². The molecule has 114 valence electrons. The van der Waals surface area contributed by atoms with E-state index in [-0.39, 0.29) is 5.91 Å². The van der Waals surface area contributed by atoms with Crippen LogP contribution in [0.1, 0.15) is 0 Å². The molecule has 1 N–H and O–H groups in total. The molecule has 0 atom stereocenters. The molecule has 0 saturated carbocycles. The van der Waals surface area contributed by atoms with E-state index in [1.807, 2.05) is 0 Å². The average Bonchev–Trinajstić information content (AvgIpc) is 2.48. The number of carbonyl (C=O) groups excluding carboxylic acids is 1. The summed E-state index contributed by atoms with van der Waals surface area (Å²) in [5, 5.41) is 3.48. The summed E-state index contributed by atoms with van der Waals surface area (Å²) in [6.07, 6.45) is 0. The topological polar surface area (TPSA) is 35.6 Å². The number of nitrogens with zero attached hydrogens (tertiary/aromatic N) is 2. The molecule has 0 radical (unpaired) electrons. The van der Waals surface area contributed by atoms with E-state index in [1.54, 1.807) is 24.3 Å². The van der Waals surface area contributed by atoms with Crippen molar-refractivity contribution in [3.63, 3.8) is 0 Å². The summed E-state index contributed by atoms with van der Waals surface area (Å²) in [5.41, 5.74) is 0.746. The highest BCUT2D eigenvalue weighted by Gasteiger charge is 2.17. The summed E-state index contributed by atoms with van der Waals surface area (Å²) in [6.45, 7) is 3.89. The minimum atomic E-state index is -0.0567. The third-order valence-electron chi connectivity index (χ3n) is 3.22. The standard InChI is InChI=1S/C14H18ClN3OS2/c1-17-6-8-18(9-7-17)14(20)21-10-13(19)16-12-4-2-11(15)3-5-12/h2-5H,6-10H2,1H3,(H,16,19). The number of piperazine rings is 1. The lowest BCUT2D eigenvalue weighted by Gasteiger charge is -2.33. The number of thiocarbonyl (C=S) groups is 1. The largest absolute Gasteiger partial charge is 0.355 e. The number of halogens is 1. The van der Waals surface area contributed by atoms with Crippen molar-refractivity contribution in [2.45, 2.75) is 0 Å². The first-order chi connectivity index (χ1) is 10.0. The first-order valence-electron chi connectivity index (χ1n) is 6.70. The molecule has 1 saturated heterocycles. The van der Waals surface area contributed by atoms with Gasteiger partial charge in [0.15, 0.2) is 0 Å². The number of thioether (sulfide) groups is 1. The minimum absolute atomic E-state index is 0.0567. The third kappa shape index (κ3) is 5.47. The van der Waals surface area contributed by atoms with E-state index in [2.05, 4.69) is 22.2 Å². The lowest BCUT2D eigenvalue weighted by molar-refractivity contribution is -0.113. The van der Waals surface area contributed by atoms with E-state index < -0.39 is 0 Å². The van der Waals surface area contributed by atoms with Gasteiger partial charge in [0, 0.05) is 36.9 Å². The molecule has 1 heterocycles. The lowest BCUT2D eigenvalue weighted by atomic mass is 10.3. The Morgan fingerprint density at radius 3 is 2.52 bits per heavy atom. The molecular formula is C14H18ClN3OS2. The van der Waals surface area contributed by atoms with Crippen LogP contribution >= 0.6 is 35.6 Å². The Bertz CT molecular complexity index is 501. The van der Waals surface area contributed by atoms with Gasteiger partial charge in [-0.2, -0.15) is 0 Å². The Hall–Kier alpha value is -0.820. The van der Waals surface area contributed by atoms with Gasteiger partial charge in [-0.25, -0.2) is 0 Å². The Balaban J connectivity index is 1.73. The molecule has 7 heteroatoms. The zero-order valence-corrected chi connectivity index (χ0v) is 14.2. The summed E-state index contributed by atoms with van der Waals surface area (Å²) in [7, 11) is 2.10. The van der Waals surface area contributed by atoms with Crippen LogP contribution in [0.5, 0.6) is 0 Å². The first-order valence-corrected chi connectivity index (χ1v) is 8.47. The van der Waals surface area contributed by atoms with E-state index in [4.69, 9.17) is 23.8 Å². The molecule has 0 bridgehead atoms. The molecule has 1 fully saturated rings. The Morgan fingerprint density at radius 2 is 1.90 bits per heavy atom. The van der Waals surface area contributed by atoms with Crippen LogP contribution in [0.3, 0.4) is 0 Å². The molecule has 0 spiro atoms. The van der Waals surface area contributed by atoms with Crippen LogP contribution in [-0.2, 0) is 4.79 Å². The van der Waals surface area contributed by atoms with E-state index in [1.165, 1.54) is 11.8 Å². The van der Waals surface area contributed by atoms with Crippen LogP contribution < -0.4 is 5.32 Å². The van der Waals surface area contributed by atoms with Gasteiger partial charge in [-0.15, -0.1) is 0 Å². The van der Waals surface area contributed by atoms with Crippen molar-refractivity contribution < 1.29 is 4.79 Å². The SMILES string of the molecule is CN1CCN(C(=S)SCC(=O)Nc2ccc(Cl)cc2)CC1. The number of carbonyl (C=O) groups is 1. The van der Waals surface area contributed by atoms with E-state index >= 15 is 0 Å². The normalized spacial score (nSPS) is 15.8. The average molecular weight is 344 g/mol. The number of hydrogen-bond donors (Lipinski definition) is 1. The van der Waals surface area contributed by atoms with Gasteiger partial charge in [0.2, 0.25) is 5.91 Å². The highest BCUT2D eigenvalue weighted by Crippen LogP contribution is 2.15. The smallest absolute Gasteiger partial charge is 0.234 e. The second kappa shape index (κ2) is 7.98. The summed E-state index contributed by atoms with van der Waals surface area (Å²) in [4.78, 5) is 16.3. The van der Waals surface area contributed by atoms with Gasteiger partial charge in [-0.3, -0.25) is 4.79 Å². The molecule has 0 unspecified atom stereocenters. The van der Waals surface area contributed by atoms with Crippen LogP contribution in [0, 0.1) is 0 Å². The zero-order chi connectivity index (χ0) is 15.2. The molecule has 1 aromatic carbocycles. The number of benzene rings is 1. The lowest BCUT2D eigenvalue weighted by Crippen LogP contribution is -2.46. The van der Waals surface area contributed by atoms with Crippen molar-refractivity contribution in [2.24, 2.45) is 0 Å². The van der Waals surface area contributed by atoms with Crippen LogP contribution in [0.15, 0.2) is 24.3 Å². The van der Waals surface area contributed by atoms with Crippen molar-refractivity contribution in [3.05, 3.63) is 29.3 Å². The van der Waals surface area contributed by atoms with Gasteiger partial charge in [0.25, 0.3) is 0 Å². The van der Waals surface area contributed by atoms with Crippen LogP contribution in [0.25, 0.3) is 0 Å². The molecule has 2 rings (SSSR count). The van der Waals surface area contributed by atoms with Crippen molar-refractivity contribution in [3.8, 4) is 0 Å². The highest BCUT2D eigenvalue weighted by atomic mass is 35.5. The number of anilines is 1. The van der Waals surface area contributed by atoms with Crippen molar-refractivity contribution in [1.82, 2.24) is 9.80 Å². The predicted molar refractivity (Wildman–Crippen MR) is 94.2 cm³/mol. The minimum Gasteiger partial charge on any atom is -0.355 e. The number of likely N-dealkylation sites (N-methyl/N-ethyl adjacent to an activating group) is 1. The van der Waals surface area contributed by atoms with Crippen molar-refractivity contribution >= 4 is 51.5 Å². The molecule has 1 amide bonds. The second-order valence-electron chi connectivity index (χ2n) is 4.90. The third-order valence-corrected chi connectivity index (χ3v) is 4.99. The van der Waals surface area contributed by atoms with E-state index in [0.717, 1.165) is 36.2 Å². The summed E-state index contributed by atoms with van der Waals surface area (Å²) < 4.78 is 0.800. The molecule has 4 nitrogen and oxygen atoms in total. The molecule has 1 aliphatic heterocycles.